The first kappa shape index (κ1) is 34.5. The van der Waals surface area contributed by atoms with Crippen LogP contribution < -0.4 is 14.8 Å². The van der Waals surface area contributed by atoms with Crippen LogP contribution in [-0.4, -0.2) is 29.7 Å². The van der Waals surface area contributed by atoms with Crippen molar-refractivity contribution in [2.24, 2.45) is 0 Å². The maximum Gasteiger partial charge on any atom is 0.262 e. The summed E-state index contributed by atoms with van der Waals surface area (Å²) in [6.07, 6.45) is 5.62. The molecule has 0 unspecified atom stereocenters. The summed E-state index contributed by atoms with van der Waals surface area (Å²) in [5, 5.41) is 3.16. The zero-order valence-electron chi connectivity index (χ0n) is 26.8. The molecule has 0 atom stereocenters. The molecule has 2 N–H and O–H groups in total. The minimum atomic E-state index is -4.04. The van der Waals surface area contributed by atoms with Gasteiger partial charge in [0.25, 0.3) is 10.0 Å². The molecule has 0 saturated carbocycles. The normalized spacial score (nSPS) is 12.3. The number of sulfonamides is 1. The van der Waals surface area contributed by atoms with Gasteiger partial charge in [-0.3, -0.25) is 4.72 Å². The summed E-state index contributed by atoms with van der Waals surface area (Å²) in [4.78, 5) is 0.255. The maximum atomic E-state index is 13.9. The van der Waals surface area contributed by atoms with Crippen LogP contribution in [0.15, 0.2) is 64.4 Å². The smallest absolute Gasteiger partial charge is 0.262 e. The Morgan fingerprint density at radius 2 is 1.30 bits per heavy atom. The molecule has 0 spiro atoms. The number of hydrogen-bond acceptors (Lipinski definition) is 6. The molecule has 0 heterocycles. The van der Waals surface area contributed by atoms with Crippen molar-refractivity contribution >= 4 is 36.9 Å². The second-order valence-corrected chi connectivity index (χ2v) is 15.7. The van der Waals surface area contributed by atoms with Crippen molar-refractivity contribution in [1.82, 2.24) is 0 Å². The van der Waals surface area contributed by atoms with Crippen molar-refractivity contribution in [1.29, 1.82) is 0 Å². The fraction of sp³-hybridized carbons (Fsp3) is 0.471. The molecule has 7 nitrogen and oxygen atoms in total. The summed E-state index contributed by atoms with van der Waals surface area (Å²) in [7, 11) is -7.74. The molecule has 0 saturated heterocycles. The van der Waals surface area contributed by atoms with Crippen molar-refractivity contribution < 1.29 is 21.6 Å². The van der Waals surface area contributed by atoms with Crippen LogP contribution in [0.1, 0.15) is 109 Å². The molecule has 9 heteroatoms. The number of hydrogen-bond donors (Lipinski definition) is 2. The molecule has 0 aliphatic rings. The Morgan fingerprint density at radius 1 is 0.721 bits per heavy atom. The number of benzene rings is 3. The second-order valence-electron chi connectivity index (χ2n) is 12.1. The Balaban J connectivity index is 1.92. The Morgan fingerprint density at radius 3 is 1.81 bits per heavy atom. The highest BCUT2D eigenvalue weighted by molar-refractivity contribution is 7.93. The van der Waals surface area contributed by atoms with E-state index in [-0.39, 0.29) is 33.2 Å². The van der Waals surface area contributed by atoms with Crippen LogP contribution in [0.4, 0.5) is 17.1 Å². The van der Waals surface area contributed by atoms with Gasteiger partial charge in [-0.05, 0) is 83.3 Å². The molecule has 0 fully saturated rings. The highest BCUT2D eigenvalue weighted by Gasteiger charge is 2.28. The van der Waals surface area contributed by atoms with Gasteiger partial charge in [0.1, 0.15) is 5.75 Å². The molecule has 3 aromatic rings. The fourth-order valence-electron chi connectivity index (χ4n) is 4.91. The van der Waals surface area contributed by atoms with Crippen molar-refractivity contribution in [2.75, 3.05) is 22.9 Å². The number of sulfone groups is 1. The van der Waals surface area contributed by atoms with Gasteiger partial charge in [-0.15, -0.1) is 0 Å². The SMILES string of the molecule is CCCCCCOc1ccc(Nc2ccc(NS(=O)(=O)c3c(C(C)C)cc(C(C)C)cc3C(C)C)cc2S(C)(=O)=O)cc1. The van der Waals surface area contributed by atoms with Gasteiger partial charge in [0.05, 0.1) is 27.8 Å². The van der Waals surface area contributed by atoms with E-state index in [2.05, 4.69) is 30.8 Å². The average molecular weight is 629 g/mol. The third-order valence-electron chi connectivity index (χ3n) is 7.38. The summed E-state index contributed by atoms with van der Waals surface area (Å²) >= 11 is 0. The van der Waals surface area contributed by atoms with E-state index in [1.807, 2.05) is 64.1 Å². The third kappa shape index (κ3) is 9.22. The maximum absolute atomic E-state index is 13.9. The monoisotopic (exact) mass is 628 g/mol. The van der Waals surface area contributed by atoms with Crippen molar-refractivity contribution in [3.05, 3.63) is 71.3 Å². The van der Waals surface area contributed by atoms with Gasteiger partial charge < -0.3 is 10.1 Å². The number of ether oxygens (including phenoxy) is 1. The molecular weight excluding hydrogens is 581 g/mol. The Hall–Kier alpha value is -3.04. The van der Waals surface area contributed by atoms with E-state index in [1.165, 1.54) is 18.9 Å². The molecule has 0 aliphatic carbocycles. The molecule has 0 radical (unpaired) electrons. The predicted molar refractivity (Wildman–Crippen MR) is 178 cm³/mol. The standard InChI is InChI=1S/C34H48N2O5S2/c1-9-10-11-12-19-41-29-16-13-27(14-17-29)35-32-18-15-28(22-33(32)42(8,37)38)36-43(39,40)34-30(24(4)5)20-26(23(2)3)21-31(34)25(6)7/h13-18,20-25,35-36H,9-12,19H2,1-8H3. The Kier molecular flexibility index (Phi) is 11.7. The van der Waals surface area contributed by atoms with Crippen LogP contribution in [-0.2, 0) is 19.9 Å². The van der Waals surface area contributed by atoms with Gasteiger partial charge >= 0.3 is 0 Å². The second kappa shape index (κ2) is 14.6. The summed E-state index contributed by atoms with van der Waals surface area (Å²) in [6, 6.07) is 15.8. The van der Waals surface area contributed by atoms with Crippen LogP contribution >= 0.6 is 0 Å². The number of nitrogens with one attached hydrogen (secondary N) is 2. The van der Waals surface area contributed by atoms with E-state index in [9.17, 15) is 16.8 Å². The first-order valence-electron chi connectivity index (χ1n) is 15.2. The van der Waals surface area contributed by atoms with Crippen molar-refractivity contribution in [3.8, 4) is 5.75 Å². The molecular formula is C34H48N2O5S2. The molecule has 0 aromatic heterocycles. The minimum Gasteiger partial charge on any atom is -0.494 e. The summed E-state index contributed by atoms with van der Waals surface area (Å²) in [5.74, 6) is 0.937. The zero-order chi connectivity index (χ0) is 31.9. The zero-order valence-corrected chi connectivity index (χ0v) is 28.5. The molecule has 0 amide bonds. The highest BCUT2D eigenvalue weighted by Crippen LogP contribution is 2.37. The van der Waals surface area contributed by atoms with Gasteiger partial charge in [-0.2, -0.15) is 0 Å². The highest BCUT2D eigenvalue weighted by atomic mass is 32.2. The lowest BCUT2D eigenvalue weighted by Gasteiger charge is -2.23. The van der Waals surface area contributed by atoms with Gasteiger partial charge in [0, 0.05) is 11.9 Å². The third-order valence-corrected chi connectivity index (χ3v) is 10.0. The predicted octanol–water partition coefficient (Wildman–Crippen LogP) is 8.96. The van der Waals surface area contributed by atoms with Crippen LogP contribution in [0.2, 0.25) is 0 Å². The summed E-state index contributed by atoms with van der Waals surface area (Å²) in [6.45, 7) is 14.9. The van der Waals surface area contributed by atoms with E-state index in [0.29, 0.717) is 18.0 Å². The Labute approximate surface area is 259 Å². The van der Waals surface area contributed by atoms with Gasteiger partial charge in [0.15, 0.2) is 9.84 Å². The lowest BCUT2D eigenvalue weighted by Crippen LogP contribution is -2.19. The van der Waals surface area contributed by atoms with Gasteiger partial charge in [-0.1, -0.05) is 79.9 Å². The Bertz CT molecular complexity index is 1570. The quantitative estimate of drug-likeness (QED) is 0.163. The average Bonchev–Trinajstić information content (AvgIpc) is 2.93. The van der Waals surface area contributed by atoms with E-state index in [1.54, 1.807) is 12.1 Å². The van der Waals surface area contributed by atoms with Crippen LogP contribution in [0.3, 0.4) is 0 Å². The minimum absolute atomic E-state index is 0.00716. The number of rotatable bonds is 15. The summed E-state index contributed by atoms with van der Waals surface area (Å²) < 4.78 is 62.0. The van der Waals surface area contributed by atoms with E-state index < -0.39 is 19.9 Å². The number of unbranched alkanes of at least 4 members (excludes halogenated alkanes) is 3. The van der Waals surface area contributed by atoms with Crippen LogP contribution in [0, 0.1) is 0 Å². The topological polar surface area (TPSA) is 102 Å². The summed E-state index contributed by atoms with van der Waals surface area (Å²) in [5.41, 5.74) is 3.80. The van der Waals surface area contributed by atoms with E-state index in [0.717, 1.165) is 41.5 Å². The van der Waals surface area contributed by atoms with Gasteiger partial charge in [-0.25, -0.2) is 16.8 Å². The molecule has 43 heavy (non-hydrogen) atoms. The lowest BCUT2D eigenvalue weighted by atomic mass is 9.89. The van der Waals surface area contributed by atoms with E-state index in [4.69, 9.17) is 4.74 Å². The fourth-order valence-corrected chi connectivity index (χ4v) is 7.52. The van der Waals surface area contributed by atoms with Crippen LogP contribution in [0.25, 0.3) is 0 Å². The lowest BCUT2D eigenvalue weighted by molar-refractivity contribution is 0.305. The first-order chi connectivity index (χ1) is 20.1. The largest absolute Gasteiger partial charge is 0.494 e. The molecule has 236 valence electrons. The van der Waals surface area contributed by atoms with Crippen molar-refractivity contribution in [2.45, 2.75) is 102 Å². The van der Waals surface area contributed by atoms with Crippen LogP contribution in [0.5, 0.6) is 5.75 Å². The van der Waals surface area contributed by atoms with E-state index >= 15 is 0 Å². The molecule has 0 aliphatic heterocycles. The molecule has 3 aromatic carbocycles. The first-order valence-corrected chi connectivity index (χ1v) is 18.6. The molecule has 3 rings (SSSR count). The number of anilines is 3. The van der Waals surface area contributed by atoms with Gasteiger partial charge in [0.2, 0.25) is 0 Å². The van der Waals surface area contributed by atoms with Crippen molar-refractivity contribution in [3.63, 3.8) is 0 Å². The molecule has 0 bridgehead atoms.